The first-order valence-electron chi connectivity index (χ1n) is 6.37. The van der Waals surface area contributed by atoms with E-state index >= 15 is 0 Å². The molecule has 0 unspecified atom stereocenters. The Labute approximate surface area is 112 Å². The minimum absolute atomic E-state index is 0.266. The van der Waals surface area contributed by atoms with Crippen molar-refractivity contribution in [3.8, 4) is 11.6 Å². The molecule has 6 nitrogen and oxygen atoms in total. The maximum atomic E-state index is 5.80. The van der Waals surface area contributed by atoms with Crippen molar-refractivity contribution in [3.63, 3.8) is 0 Å². The van der Waals surface area contributed by atoms with Gasteiger partial charge in [-0.15, -0.1) is 0 Å². The van der Waals surface area contributed by atoms with Crippen molar-refractivity contribution in [2.24, 2.45) is 7.05 Å². The first kappa shape index (κ1) is 13.3. The van der Waals surface area contributed by atoms with E-state index in [1.54, 1.807) is 17.1 Å². The molecule has 1 N–H and O–H groups in total. The van der Waals surface area contributed by atoms with Crippen molar-refractivity contribution in [1.82, 2.24) is 19.7 Å². The van der Waals surface area contributed by atoms with Crippen LogP contribution in [-0.4, -0.2) is 26.3 Å². The van der Waals surface area contributed by atoms with Gasteiger partial charge in [-0.05, 0) is 12.8 Å². The molecule has 0 saturated heterocycles. The van der Waals surface area contributed by atoms with E-state index in [4.69, 9.17) is 4.74 Å². The van der Waals surface area contributed by atoms with Crippen LogP contribution in [0.2, 0.25) is 0 Å². The average molecular weight is 261 g/mol. The van der Waals surface area contributed by atoms with Gasteiger partial charge in [-0.2, -0.15) is 5.10 Å². The average Bonchev–Trinajstić information content (AvgIpc) is 2.75. The molecule has 6 heteroatoms. The lowest BCUT2D eigenvalue weighted by molar-refractivity contribution is 0.451. The maximum absolute atomic E-state index is 5.80. The molecule has 0 aliphatic rings. The van der Waals surface area contributed by atoms with Crippen molar-refractivity contribution in [2.75, 3.05) is 11.9 Å². The molecule has 0 aliphatic carbocycles. The van der Waals surface area contributed by atoms with Crippen molar-refractivity contribution in [1.29, 1.82) is 0 Å². The Balaban J connectivity index is 2.35. The SMILES string of the molecule is CCNc1ncnc(Oc2cnn(C)c2)c1C(C)C. The second-order valence-electron chi connectivity index (χ2n) is 4.58. The molecule has 2 rings (SSSR count). The number of aryl methyl sites for hydroxylation is 1. The minimum atomic E-state index is 0.266. The molecule has 102 valence electrons. The van der Waals surface area contributed by atoms with Crippen LogP contribution in [-0.2, 0) is 7.05 Å². The van der Waals surface area contributed by atoms with Crippen LogP contribution in [0.15, 0.2) is 18.7 Å². The van der Waals surface area contributed by atoms with Crippen LogP contribution in [0.1, 0.15) is 32.3 Å². The second-order valence-corrected chi connectivity index (χ2v) is 4.58. The molecule has 0 radical (unpaired) electrons. The highest BCUT2D eigenvalue weighted by atomic mass is 16.5. The molecule has 2 aromatic rings. The fourth-order valence-electron chi connectivity index (χ4n) is 1.85. The third kappa shape index (κ3) is 3.01. The first-order valence-corrected chi connectivity index (χ1v) is 6.37. The van der Waals surface area contributed by atoms with E-state index in [-0.39, 0.29) is 5.92 Å². The van der Waals surface area contributed by atoms with Crippen LogP contribution in [0.3, 0.4) is 0 Å². The van der Waals surface area contributed by atoms with E-state index in [2.05, 4.69) is 34.2 Å². The van der Waals surface area contributed by atoms with Gasteiger partial charge in [0, 0.05) is 13.6 Å². The lowest BCUT2D eigenvalue weighted by atomic mass is 10.1. The van der Waals surface area contributed by atoms with E-state index in [0.29, 0.717) is 11.6 Å². The summed E-state index contributed by atoms with van der Waals surface area (Å²) in [5.41, 5.74) is 0.980. The topological polar surface area (TPSA) is 64.9 Å². The Morgan fingerprint density at radius 2 is 2.16 bits per heavy atom. The smallest absolute Gasteiger partial charge is 0.228 e. The van der Waals surface area contributed by atoms with Crippen molar-refractivity contribution in [3.05, 3.63) is 24.3 Å². The van der Waals surface area contributed by atoms with E-state index in [0.717, 1.165) is 17.9 Å². The summed E-state index contributed by atoms with van der Waals surface area (Å²) in [7, 11) is 1.85. The number of ether oxygens (including phenoxy) is 1. The lowest BCUT2D eigenvalue weighted by Gasteiger charge is -2.15. The summed E-state index contributed by atoms with van der Waals surface area (Å²) in [4.78, 5) is 8.51. The van der Waals surface area contributed by atoms with Gasteiger partial charge >= 0.3 is 0 Å². The molecule has 0 bridgehead atoms. The Hall–Kier alpha value is -2.11. The van der Waals surface area contributed by atoms with Crippen LogP contribution < -0.4 is 10.1 Å². The minimum Gasteiger partial charge on any atom is -0.435 e. The highest BCUT2D eigenvalue weighted by molar-refractivity contribution is 5.51. The largest absolute Gasteiger partial charge is 0.435 e. The van der Waals surface area contributed by atoms with Gasteiger partial charge in [0.05, 0.1) is 18.0 Å². The van der Waals surface area contributed by atoms with Gasteiger partial charge in [-0.1, -0.05) is 13.8 Å². The van der Waals surface area contributed by atoms with Crippen molar-refractivity contribution < 1.29 is 4.74 Å². The quantitative estimate of drug-likeness (QED) is 0.896. The van der Waals surface area contributed by atoms with Crippen LogP contribution in [0.5, 0.6) is 11.6 Å². The number of hydrogen-bond acceptors (Lipinski definition) is 5. The van der Waals surface area contributed by atoms with E-state index in [1.165, 1.54) is 6.33 Å². The molecule has 0 atom stereocenters. The van der Waals surface area contributed by atoms with Gasteiger partial charge < -0.3 is 10.1 Å². The Morgan fingerprint density at radius 3 is 2.74 bits per heavy atom. The van der Waals surface area contributed by atoms with Crippen molar-refractivity contribution in [2.45, 2.75) is 26.7 Å². The van der Waals surface area contributed by atoms with Gasteiger partial charge in [0.25, 0.3) is 0 Å². The maximum Gasteiger partial charge on any atom is 0.228 e. The predicted molar refractivity (Wildman–Crippen MR) is 73.6 cm³/mol. The molecule has 0 saturated carbocycles. The third-order valence-corrected chi connectivity index (χ3v) is 2.66. The second kappa shape index (κ2) is 5.69. The summed E-state index contributed by atoms with van der Waals surface area (Å²) in [6, 6.07) is 0. The standard InChI is InChI=1S/C13H19N5O/c1-5-14-12-11(9(2)3)13(16-8-15-12)19-10-6-17-18(4)7-10/h6-9H,5H2,1-4H3,(H,14,15,16). The molecule has 0 spiro atoms. The lowest BCUT2D eigenvalue weighted by Crippen LogP contribution is -2.07. The number of aromatic nitrogens is 4. The van der Waals surface area contributed by atoms with Crippen LogP contribution in [0.4, 0.5) is 5.82 Å². The fraction of sp³-hybridized carbons (Fsp3) is 0.462. The van der Waals surface area contributed by atoms with Crippen LogP contribution in [0, 0.1) is 0 Å². The highest BCUT2D eigenvalue weighted by Crippen LogP contribution is 2.32. The zero-order valence-corrected chi connectivity index (χ0v) is 11.7. The number of nitrogens with zero attached hydrogens (tertiary/aromatic N) is 4. The van der Waals surface area contributed by atoms with E-state index in [1.807, 2.05) is 14.0 Å². The highest BCUT2D eigenvalue weighted by Gasteiger charge is 2.16. The Morgan fingerprint density at radius 1 is 1.37 bits per heavy atom. The Kier molecular flexibility index (Phi) is 3.99. The van der Waals surface area contributed by atoms with Crippen LogP contribution >= 0.6 is 0 Å². The zero-order chi connectivity index (χ0) is 13.8. The Bertz CT molecular complexity index is 550. The van der Waals surface area contributed by atoms with Gasteiger partial charge in [0.15, 0.2) is 5.75 Å². The monoisotopic (exact) mass is 261 g/mol. The summed E-state index contributed by atoms with van der Waals surface area (Å²) in [6.07, 6.45) is 4.98. The number of anilines is 1. The van der Waals surface area contributed by atoms with Crippen molar-refractivity contribution >= 4 is 5.82 Å². The molecule has 19 heavy (non-hydrogen) atoms. The fourth-order valence-corrected chi connectivity index (χ4v) is 1.85. The van der Waals surface area contributed by atoms with Gasteiger partial charge in [0.2, 0.25) is 5.88 Å². The summed E-state index contributed by atoms with van der Waals surface area (Å²) in [6.45, 7) is 7.03. The van der Waals surface area contributed by atoms with E-state index in [9.17, 15) is 0 Å². The third-order valence-electron chi connectivity index (χ3n) is 2.66. The summed E-state index contributed by atoms with van der Waals surface area (Å²) >= 11 is 0. The number of nitrogens with one attached hydrogen (secondary N) is 1. The summed E-state index contributed by atoms with van der Waals surface area (Å²) in [5.74, 6) is 2.34. The molecule has 2 heterocycles. The molecule has 0 amide bonds. The number of hydrogen-bond donors (Lipinski definition) is 1. The molecular weight excluding hydrogens is 242 g/mol. The predicted octanol–water partition coefficient (Wildman–Crippen LogP) is 2.56. The molecule has 0 aliphatic heterocycles. The molecule has 2 aromatic heterocycles. The molecule has 0 aromatic carbocycles. The van der Waals surface area contributed by atoms with Gasteiger partial charge in [-0.3, -0.25) is 4.68 Å². The summed E-state index contributed by atoms with van der Waals surface area (Å²) < 4.78 is 7.50. The molecule has 0 fully saturated rings. The van der Waals surface area contributed by atoms with Gasteiger partial charge in [0.1, 0.15) is 12.1 Å². The zero-order valence-electron chi connectivity index (χ0n) is 11.7. The normalized spacial score (nSPS) is 10.8. The summed E-state index contributed by atoms with van der Waals surface area (Å²) in [5, 5.41) is 7.32. The van der Waals surface area contributed by atoms with Crippen LogP contribution in [0.25, 0.3) is 0 Å². The van der Waals surface area contributed by atoms with Gasteiger partial charge in [-0.25, -0.2) is 9.97 Å². The molecular formula is C13H19N5O. The van der Waals surface area contributed by atoms with E-state index < -0.39 is 0 Å². The number of rotatable bonds is 5. The first-order chi connectivity index (χ1) is 9.11.